The second-order valence-corrected chi connectivity index (χ2v) is 3.61. The van der Waals surface area contributed by atoms with Gasteiger partial charge in [-0.1, -0.05) is 31.9 Å². The van der Waals surface area contributed by atoms with Gasteiger partial charge in [0.1, 0.15) is 0 Å². The Labute approximate surface area is 103 Å². The van der Waals surface area contributed by atoms with Gasteiger partial charge in [0.15, 0.2) is 0 Å². The quantitative estimate of drug-likeness (QED) is 0.573. The molecule has 0 aliphatic heterocycles. The molecule has 0 heterocycles. The van der Waals surface area contributed by atoms with Crippen LogP contribution in [0.3, 0.4) is 0 Å². The lowest BCUT2D eigenvalue weighted by molar-refractivity contribution is -0.133. The summed E-state index contributed by atoms with van der Waals surface area (Å²) in [5.41, 5.74) is 0.841. The minimum Gasteiger partial charge on any atom is -0.478 e. The van der Waals surface area contributed by atoms with Gasteiger partial charge in [-0.3, -0.25) is 0 Å². The predicted molar refractivity (Wildman–Crippen MR) is 68.0 cm³/mol. The fraction of sp³-hybridized carbons (Fsp3) is 0.538. The van der Waals surface area contributed by atoms with E-state index >= 15 is 0 Å². The average molecular weight is 242 g/mol. The van der Waals surface area contributed by atoms with E-state index in [1.165, 1.54) is 0 Å². The van der Waals surface area contributed by atoms with Crippen LogP contribution in [0.25, 0.3) is 0 Å². The Kier molecular flexibility index (Phi) is 11.4. The predicted octanol–water partition coefficient (Wildman–Crippen LogP) is 3.24. The van der Waals surface area contributed by atoms with Gasteiger partial charge in [-0.2, -0.15) is 0 Å². The number of carboxylic acid groups (broad SMARTS) is 2. The van der Waals surface area contributed by atoms with E-state index in [1.54, 1.807) is 32.9 Å². The zero-order valence-electron chi connectivity index (χ0n) is 11.0. The van der Waals surface area contributed by atoms with Crippen molar-refractivity contribution in [2.45, 2.75) is 47.0 Å². The summed E-state index contributed by atoms with van der Waals surface area (Å²) in [5, 5.41) is 16.5. The van der Waals surface area contributed by atoms with Crippen LogP contribution in [-0.2, 0) is 9.59 Å². The van der Waals surface area contributed by atoms with Crippen molar-refractivity contribution in [1.82, 2.24) is 0 Å². The standard InChI is InChI=1S/C8H14O2.C5H8O2/c1-3-4-5-6-7(2)8(9)10;1-3-4(2)5(6)7/h6H,3-5H2,1-2H3,(H,9,10);3H,1-2H3,(H,6,7). The number of aliphatic carboxylic acids is 2. The Balaban J connectivity index is 0. The summed E-state index contributed by atoms with van der Waals surface area (Å²) >= 11 is 0. The Hall–Kier alpha value is -1.58. The van der Waals surface area contributed by atoms with E-state index in [-0.39, 0.29) is 0 Å². The fourth-order valence-corrected chi connectivity index (χ4v) is 0.733. The van der Waals surface area contributed by atoms with Crippen molar-refractivity contribution in [3.05, 3.63) is 23.3 Å². The van der Waals surface area contributed by atoms with Gasteiger partial charge in [0.05, 0.1) is 0 Å². The second-order valence-electron chi connectivity index (χ2n) is 3.61. The van der Waals surface area contributed by atoms with Crippen molar-refractivity contribution in [1.29, 1.82) is 0 Å². The van der Waals surface area contributed by atoms with E-state index in [9.17, 15) is 9.59 Å². The van der Waals surface area contributed by atoms with E-state index < -0.39 is 11.9 Å². The molecule has 98 valence electrons. The van der Waals surface area contributed by atoms with Gasteiger partial charge < -0.3 is 10.2 Å². The van der Waals surface area contributed by atoms with Crippen LogP contribution in [0.1, 0.15) is 47.0 Å². The van der Waals surface area contributed by atoms with Gasteiger partial charge in [0.25, 0.3) is 0 Å². The highest BCUT2D eigenvalue weighted by Crippen LogP contribution is 2.00. The van der Waals surface area contributed by atoms with E-state index in [0.717, 1.165) is 19.3 Å². The normalized spacial score (nSPS) is 11.5. The largest absolute Gasteiger partial charge is 0.478 e. The molecule has 17 heavy (non-hydrogen) atoms. The SMILES string of the molecule is CC=C(C)C(=O)O.CCCCC=C(C)C(=O)O. The monoisotopic (exact) mass is 242 g/mol. The Bertz CT molecular complexity index is 301. The topological polar surface area (TPSA) is 74.6 Å². The fourth-order valence-electron chi connectivity index (χ4n) is 0.733. The molecule has 0 aliphatic carbocycles. The molecule has 0 aromatic rings. The molecule has 0 rings (SSSR count). The molecule has 4 nitrogen and oxygen atoms in total. The number of hydrogen-bond acceptors (Lipinski definition) is 2. The van der Waals surface area contributed by atoms with Crippen LogP contribution in [0.4, 0.5) is 0 Å². The van der Waals surface area contributed by atoms with Gasteiger partial charge in [0, 0.05) is 11.1 Å². The number of allylic oxidation sites excluding steroid dienone is 2. The zero-order valence-corrected chi connectivity index (χ0v) is 11.0. The highest BCUT2D eigenvalue weighted by molar-refractivity contribution is 5.85. The summed E-state index contributed by atoms with van der Waals surface area (Å²) in [4.78, 5) is 20.1. The molecule has 0 fully saturated rings. The molecule has 2 N–H and O–H groups in total. The summed E-state index contributed by atoms with van der Waals surface area (Å²) in [6.07, 6.45) is 6.40. The van der Waals surface area contributed by atoms with Crippen LogP contribution in [-0.4, -0.2) is 22.2 Å². The van der Waals surface area contributed by atoms with Crippen molar-refractivity contribution in [3.63, 3.8) is 0 Å². The molecule has 0 saturated carbocycles. The van der Waals surface area contributed by atoms with E-state index in [4.69, 9.17) is 10.2 Å². The van der Waals surface area contributed by atoms with Gasteiger partial charge in [-0.25, -0.2) is 9.59 Å². The van der Waals surface area contributed by atoms with Crippen molar-refractivity contribution < 1.29 is 19.8 Å². The van der Waals surface area contributed by atoms with E-state index in [2.05, 4.69) is 6.92 Å². The van der Waals surface area contributed by atoms with Crippen LogP contribution in [0, 0.1) is 0 Å². The molecule has 0 radical (unpaired) electrons. The number of unbranched alkanes of at least 4 members (excludes halogenated alkanes) is 2. The van der Waals surface area contributed by atoms with Crippen molar-refractivity contribution in [2.24, 2.45) is 0 Å². The van der Waals surface area contributed by atoms with Gasteiger partial charge in [0.2, 0.25) is 0 Å². The molecule has 0 unspecified atom stereocenters. The minimum absolute atomic E-state index is 0.389. The van der Waals surface area contributed by atoms with Crippen LogP contribution in [0.15, 0.2) is 23.3 Å². The number of hydrogen-bond donors (Lipinski definition) is 2. The molecule has 0 amide bonds. The molecule has 0 aliphatic rings. The lowest BCUT2D eigenvalue weighted by Gasteiger charge is -1.91. The molecule has 0 bridgehead atoms. The number of carbonyl (C=O) groups is 2. The molecule has 0 aromatic carbocycles. The number of rotatable bonds is 5. The summed E-state index contributed by atoms with van der Waals surface area (Å²) in [6, 6.07) is 0. The highest BCUT2D eigenvalue weighted by atomic mass is 16.4. The lowest BCUT2D eigenvalue weighted by atomic mass is 10.2. The molecule has 0 saturated heterocycles. The van der Waals surface area contributed by atoms with Gasteiger partial charge in [-0.05, 0) is 27.2 Å². The zero-order chi connectivity index (χ0) is 13.8. The van der Waals surface area contributed by atoms with Crippen molar-refractivity contribution >= 4 is 11.9 Å². The summed E-state index contributed by atoms with van der Waals surface area (Å²) < 4.78 is 0. The van der Waals surface area contributed by atoms with Crippen molar-refractivity contribution in [3.8, 4) is 0 Å². The first-order valence-electron chi connectivity index (χ1n) is 5.63. The first kappa shape index (κ1) is 17.8. The van der Waals surface area contributed by atoms with Crippen LogP contribution in [0.5, 0.6) is 0 Å². The maximum absolute atomic E-state index is 10.2. The molecular formula is C13H22O4. The molecule has 0 aromatic heterocycles. The number of carboxylic acids is 2. The maximum Gasteiger partial charge on any atom is 0.330 e. The Morgan fingerprint density at radius 1 is 1.06 bits per heavy atom. The van der Waals surface area contributed by atoms with Crippen molar-refractivity contribution in [2.75, 3.05) is 0 Å². The Morgan fingerprint density at radius 2 is 1.53 bits per heavy atom. The van der Waals surface area contributed by atoms with Gasteiger partial charge >= 0.3 is 11.9 Å². The molecule has 4 heteroatoms. The van der Waals surface area contributed by atoms with Crippen LogP contribution < -0.4 is 0 Å². The van der Waals surface area contributed by atoms with Gasteiger partial charge in [-0.15, -0.1) is 0 Å². The summed E-state index contributed by atoms with van der Waals surface area (Å²) in [6.45, 7) is 6.97. The van der Waals surface area contributed by atoms with Crippen LogP contribution >= 0.6 is 0 Å². The molecule has 0 spiro atoms. The molecule has 0 atom stereocenters. The Morgan fingerprint density at radius 3 is 1.76 bits per heavy atom. The average Bonchev–Trinajstić information content (AvgIpc) is 2.28. The van der Waals surface area contributed by atoms with E-state index in [0.29, 0.717) is 11.1 Å². The third-order valence-corrected chi connectivity index (χ3v) is 2.12. The third-order valence-electron chi connectivity index (χ3n) is 2.12. The first-order valence-corrected chi connectivity index (χ1v) is 5.63. The lowest BCUT2D eigenvalue weighted by Crippen LogP contribution is -1.95. The van der Waals surface area contributed by atoms with Crippen LogP contribution in [0.2, 0.25) is 0 Å². The third kappa shape index (κ3) is 12.4. The summed E-state index contributed by atoms with van der Waals surface area (Å²) in [5.74, 6) is -1.65. The first-order chi connectivity index (χ1) is 7.86. The summed E-state index contributed by atoms with van der Waals surface area (Å²) in [7, 11) is 0. The highest BCUT2D eigenvalue weighted by Gasteiger charge is 1.96. The molecular weight excluding hydrogens is 220 g/mol. The van der Waals surface area contributed by atoms with E-state index in [1.807, 2.05) is 0 Å². The minimum atomic E-state index is -0.845. The smallest absolute Gasteiger partial charge is 0.330 e. The maximum atomic E-state index is 10.2. The second kappa shape index (κ2) is 10.9.